The van der Waals surface area contributed by atoms with Crippen LogP contribution in [0.15, 0.2) is 30.5 Å². The molecule has 2 aromatic rings. The third-order valence-electron chi connectivity index (χ3n) is 4.12. The fourth-order valence-corrected chi connectivity index (χ4v) is 3.01. The van der Waals surface area contributed by atoms with Crippen LogP contribution in [0.3, 0.4) is 0 Å². The normalized spacial score (nSPS) is 18.7. The van der Waals surface area contributed by atoms with Crippen LogP contribution < -0.4 is 5.73 Å². The zero-order valence-corrected chi connectivity index (χ0v) is 13.8. The maximum atomic E-state index is 5.67. The van der Waals surface area contributed by atoms with Gasteiger partial charge in [-0.15, -0.1) is 0 Å². The second kappa shape index (κ2) is 6.02. The predicted octanol–water partition coefficient (Wildman–Crippen LogP) is 3.12. The standard InChI is InChI=1S/C19H21N3O/c1-19(2)10-16-15(17(11-19)23-3)9-13(12-21-16)7-8-14-5-4-6-18(20)22-14/h4-6,9,12,17H,10-11H2,1-3H3,(H2,20,22). The number of pyridine rings is 2. The largest absolute Gasteiger partial charge is 0.384 e. The molecule has 118 valence electrons. The van der Waals surface area contributed by atoms with E-state index < -0.39 is 0 Å². The van der Waals surface area contributed by atoms with E-state index in [0.717, 1.165) is 29.7 Å². The van der Waals surface area contributed by atoms with Crippen LogP contribution in [0.25, 0.3) is 0 Å². The molecule has 0 radical (unpaired) electrons. The monoisotopic (exact) mass is 307 g/mol. The summed E-state index contributed by atoms with van der Waals surface area (Å²) in [5, 5.41) is 0. The van der Waals surface area contributed by atoms with Gasteiger partial charge in [-0.1, -0.05) is 25.8 Å². The number of methoxy groups -OCH3 is 1. The molecule has 0 saturated carbocycles. The summed E-state index contributed by atoms with van der Waals surface area (Å²) in [5.41, 5.74) is 9.67. The van der Waals surface area contributed by atoms with Gasteiger partial charge in [0.05, 0.1) is 6.10 Å². The summed E-state index contributed by atoms with van der Waals surface area (Å²) in [5.74, 6) is 6.63. The van der Waals surface area contributed by atoms with Crippen molar-refractivity contribution in [1.29, 1.82) is 0 Å². The maximum absolute atomic E-state index is 5.67. The van der Waals surface area contributed by atoms with Crippen molar-refractivity contribution in [2.45, 2.75) is 32.8 Å². The highest BCUT2D eigenvalue weighted by Crippen LogP contribution is 2.41. The van der Waals surface area contributed by atoms with Crippen molar-refractivity contribution in [3.63, 3.8) is 0 Å². The van der Waals surface area contributed by atoms with Crippen LogP contribution >= 0.6 is 0 Å². The minimum Gasteiger partial charge on any atom is -0.384 e. The van der Waals surface area contributed by atoms with Crippen molar-refractivity contribution in [3.05, 3.63) is 53.0 Å². The number of ether oxygens (including phenoxy) is 1. The van der Waals surface area contributed by atoms with Crippen LogP contribution in [0.2, 0.25) is 0 Å². The quantitative estimate of drug-likeness (QED) is 0.822. The van der Waals surface area contributed by atoms with Crippen molar-refractivity contribution in [2.24, 2.45) is 5.41 Å². The fourth-order valence-electron chi connectivity index (χ4n) is 3.01. The molecule has 1 atom stereocenters. The second-order valence-corrected chi connectivity index (χ2v) is 6.73. The molecule has 2 aromatic heterocycles. The molecule has 0 aromatic carbocycles. The van der Waals surface area contributed by atoms with Gasteiger partial charge < -0.3 is 10.5 Å². The predicted molar refractivity (Wildman–Crippen MR) is 90.7 cm³/mol. The van der Waals surface area contributed by atoms with Gasteiger partial charge in [-0.25, -0.2) is 4.98 Å². The first-order valence-electron chi connectivity index (χ1n) is 7.73. The van der Waals surface area contributed by atoms with E-state index in [0.29, 0.717) is 11.5 Å². The molecular weight excluding hydrogens is 286 g/mol. The molecule has 0 aliphatic heterocycles. The van der Waals surface area contributed by atoms with Crippen molar-refractivity contribution in [2.75, 3.05) is 12.8 Å². The Bertz CT molecular complexity index is 787. The molecule has 3 rings (SSSR count). The van der Waals surface area contributed by atoms with Crippen molar-refractivity contribution < 1.29 is 4.74 Å². The molecular formula is C19H21N3O. The molecule has 2 heterocycles. The van der Waals surface area contributed by atoms with Gasteiger partial charge in [-0.2, -0.15) is 0 Å². The summed E-state index contributed by atoms with van der Waals surface area (Å²) < 4.78 is 5.67. The first-order chi connectivity index (χ1) is 11.0. The van der Waals surface area contributed by atoms with E-state index in [-0.39, 0.29) is 11.5 Å². The molecule has 1 aliphatic rings. The number of nitrogens with two attached hydrogens (primary N) is 1. The van der Waals surface area contributed by atoms with Crippen LogP contribution in [0.4, 0.5) is 5.82 Å². The Morgan fingerprint density at radius 1 is 1.30 bits per heavy atom. The highest BCUT2D eigenvalue weighted by molar-refractivity contribution is 5.44. The van der Waals surface area contributed by atoms with Gasteiger partial charge in [0.1, 0.15) is 11.5 Å². The Morgan fingerprint density at radius 2 is 2.13 bits per heavy atom. The smallest absolute Gasteiger partial charge is 0.124 e. The Kier molecular flexibility index (Phi) is 4.06. The second-order valence-electron chi connectivity index (χ2n) is 6.73. The highest BCUT2D eigenvalue weighted by atomic mass is 16.5. The lowest BCUT2D eigenvalue weighted by Gasteiger charge is -2.35. The minimum absolute atomic E-state index is 0.0773. The van der Waals surface area contributed by atoms with E-state index in [1.807, 2.05) is 18.3 Å². The van der Waals surface area contributed by atoms with E-state index >= 15 is 0 Å². The van der Waals surface area contributed by atoms with Gasteiger partial charge in [-0.3, -0.25) is 4.98 Å². The number of hydrogen-bond acceptors (Lipinski definition) is 4. The lowest BCUT2D eigenvalue weighted by atomic mass is 9.74. The van der Waals surface area contributed by atoms with Crippen LogP contribution in [0.1, 0.15) is 48.9 Å². The molecule has 4 nitrogen and oxygen atoms in total. The van der Waals surface area contributed by atoms with Gasteiger partial charge in [0.15, 0.2) is 0 Å². The van der Waals surface area contributed by atoms with Gasteiger partial charge in [0.25, 0.3) is 0 Å². The molecule has 2 N–H and O–H groups in total. The van der Waals surface area contributed by atoms with Gasteiger partial charge in [-0.05, 0) is 42.4 Å². The van der Waals surface area contributed by atoms with Crippen LogP contribution in [0, 0.1) is 17.3 Å². The topological polar surface area (TPSA) is 61.0 Å². The number of nitrogen functional groups attached to an aromatic ring is 1. The molecule has 0 amide bonds. The summed E-state index contributed by atoms with van der Waals surface area (Å²) >= 11 is 0. The van der Waals surface area contributed by atoms with Crippen LogP contribution in [-0.2, 0) is 11.2 Å². The third-order valence-corrected chi connectivity index (χ3v) is 4.12. The summed E-state index contributed by atoms with van der Waals surface area (Å²) in [6, 6.07) is 7.53. The number of nitrogens with zero attached hydrogens (tertiary/aromatic N) is 2. The molecule has 23 heavy (non-hydrogen) atoms. The molecule has 1 unspecified atom stereocenters. The molecule has 4 heteroatoms. The average Bonchev–Trinajstić information content (AvgIpc) is 2.51. The zero-order chi connectivity index (χ0) is 16.4. The molecule has 0 bridgehead atoms. The maximum Gasteiger partial charge on any atom is 0.124 e. The molecule has 1 aliphatic carbocycles. The molecule has 0 spiro atoms. The summed E-state index contributed by atoms with van der Waals surface area (Å²) in [4.78, 5) is 8.80. The lowest BCUT2D eigenvalue weighted by Crippen LogP contribution is -2.27. The van der Waals surface area contributed by atoms with E-state index in [1.165, 1.54) is 0 Å². The summed E-state index contributed by atoms with van der Waals surface area (Å²) in [7, 11) is 1.75. The first kappa shape index (κ1) is 15.5. The van der Waals surface area contributed by atoms with Crippen molar-refractivity contribution >= 4 is 5.82 Å². The third kappa shape index (κ3) is 3.52. The zero-order valence-electron chi connectivity index (χ0n) is 13.8. The van der Waals surface area contributed by atoms with E-state index in [4.69, 9.17) is 10.5 Å². The Labute approximate surface area is 137 Å². The van der Waals surface area contributed by atoms with Crippen molar-refractivity contribution in [3.8, 4) is 11.8 Å². The summed E-state index contributed by atoms with van der Waals surface area (Å²) in [6.07, 6.45) is 3.86. The van der Waals surface area contributed by atoms with Crippen molar-refractivity contribution in [1.82, 2.24) is 9.97 Å². The SMILES string of the molecule is COC1CC(C)(C)Cc2ncc(C#Cc3cccc(N)n3)cc21. The number of fused-ring (bicyclic) bond motifs is 1. The number of hydrogen-bond donors (Lipinski definition) is 1. The molecule has 0 fully saturated rings. The van der Waals surface area contributed by atoms with E-state index in [9.17, 15) is 0 Å². The van der Waals surface area contributed by atoms with Gasteiger partial charge in [0, 0.05) is 30.1 Å². The number of aromatic nitrogens is 2. The Balaban J connectivity index is 1.93. The Hall–Kier alpha value is -2.38. The van der Waals surface area contributed by atoms with Gasteiger partial charge >= 0.3 is 0 Å². The average molecular weight is 307 g/mol. The number of anilines is 1. The number of rotatable bonds is 1. The first-order valence-corrected chi connectivity index (χ1v) is 7.73. The van der Waals surface area contributed by atoms with Crippen LogP contribution in [-0.4, -0.2) is 17.1 Å². The fraction of sp³-hybridized carbons (Fsp3) is 0.368. The van der Waals surface area contributed by atoms with E-state index in [2.05, 4.69) is 41.7 Å². The molecule has 0 saturated heterocycles. The highest BCUT2D eigenvalue weighted by Gasteiger charge is 2.33. The minimum atomic E-state index is 0.0773. The van der Waals surface area contributed by atoms with Crippen LogP contribution in [0.5, 0.6) is 0 Å². The van der Waals surface area contributed by atoms with E-state index in [1.54, 1.807) is 13.2 Å². The Morgan fingerprint density at radius 3 is 2.87 bits per heavy atom. The summed E-state index contributed by atoms with van der Waals surface area (Å²) in [6.45, 7) is 4.51. The lowest BCUT2D eigenvalue weighted by molar-refractivity contribution is 0.0491. The van der Waals surface area contributed by atoms with Gasteiger partial charge in [0.2, 0.25) is 0 Å².